The Morgan fingerprint density at radius 1 is 1.25 bits per heavy atom. The van der Waals surface area contributed by atoms with E-state index in [1.165, 1.54) is 5.56 Å². The molecule has 0 aliphatic heterocycles. The van der Waals surface area contributed by atoms with Crippen LogP contribution in [0.2, 0.25) is 0 Å². The fourth-order valence-corrected chi connectivity index (χ4v) is 1.35. The predicted molar refractivity (Wildman–Crippen MR) is 69.8 cm³/mol. The minimum Gasteiger partial charge on any atom is -0.491 e. The Labute approximate surface area is 98.3 Å². The van der Waals surface area contributed by atoms with Crippen molar-refractivity contribution in [1.29, 1.82) is 0 Å². The second-order valence-electron chi connectivity index (χ2n) is 3.95. The lowest BCUT2D eigenvalue weighted by Crippen LogP contribution is -2.11. The molecule has 0 unspecified atom stereocenters. The lowest BCUT2D eigenvalue weighted by molar-refractivity contribution is 0.242. The molecule has 0 radical (unpaired) electrons. The Hall–Kier alpha value is -1.28. The van der Waals surface area contributed by atoms with Crippen LogP contribution in [0, 0.1) is 0 Å². The summed E-state index contributed by atoms with van der Waals surface area (Å²) in [6, 6.07) is 8.15. The van der Waals surface area contributed by atoms with E-state index in [1.54, 1.807) is 0 Å². The summed E-state index contributed by atoms with van der Waals surface area (Å²) < 4.78 is 5.58. The van der Waals surface area contributed by atoms with Crippen molar-refractivity contribution < 1.29 is 4.74 Å². The summed E-state index contributed by atoms with van der Waals surface area (Å²) in [7, 11) is 0. The monoisotopic (exact) mass is 219 g/mol. The lowest BCUT2D eigenvalue weighted by Gasteiger charge is -2.09. The van der Waals surface area contributed by atoms with E-state index < -0.39 is 0 Å². The molecule has 2 nitrogen and oxygen atoms in total. The third-order valence-electron chi connectivity index (χ3n) is 2.07. The van der Waals surface area contributed by atoms with Crippen LogP contribution in [-0.2, 0) is 0 Å². The molecule has 0 atom stereocenters. The first kappa shape index (κ1) is 12.8. The summed E-state index contributed by atoms with van der Waals surface area (Å²) in [6.07, 6.45) is 4.47. The third-order valence-corrected chi connectivity index (χ3v) is 2.07. The Morgan fingerprint density at radius 3 is 2.50 bits per heavy atom. The van der Waals surface area contributed by atoms with Gasteiger partial charge in [-0.3, -0.25) is 0 Å². The molecule has 0 fully saturated rings. The predicted octanol–water partition coefficient (Wildman–Crippen LogP) is 3.10. The first-order chi connectivity index (χ1) is 7.72. The minimum atomic E-state index is 0.232. The molecule has 0 saturated heterocycles. The van der Waals surface area contributed by atoms with Crippen LogP contribution < -0.4 is 10.1 Å². The van der Waals surface area contributed by atoms with Crippen molar-refractivity contribution in [2.24, 2.45) is 0 Å². The molecule has 0 aromatic heterocycles. The zero-order valence-electron chi connectivity index (χ0n) is 10.4. The SMILES string of the molecule is CCNCC=Cc1ccc(OC(C)C)cc1. The van der Waals surface area contributed by atoms with Crippen molar-refractivity contribution in [2.45, 2.75) is 26.9 Å². The lowest BCUT2D eigenvalue weighted by atomic mass is 10.2. The molecule has 1 aromatic rings. The number of likely N-dealkylation sites (N-methyl/N-ethyl adjacent to an activating group) is 1. The molecule has 0 aliphatic rings. The Kier molecular flexibility index (Phi) is 5.65. The van der Waals surface area contributed by atoms with Gasteiger partial charge in [-0.05, 0) is 38.1 Å². The van der Waals surface area contributed by atoms with E-state index in [0.717, 1.165) is 18.8 Å². The van der Waals surface area contributed by atoms with Crippen molar-refractivity contribution in [2.75, 3.05) is 13.1 Å². The summed E-state index contributed by atoms with van der Waals surface area (Å²) in [4.78, 5) is 0. The quantitative estimate of drug-likeness (QED) is 0.742. The minimum absolute atomic E-state index is 0.232. The fraction of sp³-hybridized carbons (Fsp3) is 0.429. The standard InChI is InChI=1S/C14H21NO/c1-4-15-11-5-6-13-7-9-14(10-8-13)16-12(2)3/h5-10,12,15H,4,11H2,1-3H3. The van der Waals surface area contributed by atoms with Gasteiger partial charge < -0.3 is 10.1 Å². The molecule has 1 rings (SSSR count). The molecular formula is C14H21NO. The first-order valence-electron chi connectivity index (χ1n) is 5.86. The van der Waals surface area contributed by atoms with E-state index >= 15 is 0 Å². The van der Waals surface area contributed by atoms with E-state index in [4.69, 9.17) is 4.74 Å². The van der Waals surface area contributed by atoms with Gasteiger partial charge in [-0.15, -0.1) is 0 Å². The molecule has 16 heavy (non-hydrogen) atoms. The summed E-state index contributed by atoms with van der Waals surface area (Å²) in [6.45, 7) is 8.09. The highest BCUT2D eigenvalue weighted by Gasteiger charge is 1.95. The van der Waals surface area contributed by atoms with Crippen molar-refractivity contribution >= 4 is 6.08 Å². The Balaban J connectivity index is 2.47. The van der Waals surface area contributed by atoms with Crippen LogP contribution in [0.15, 0.2) is 30.3 Å². The van der Waals surface area contributed by atoms with Crippen LogP contribution in [0.3, 0.4) is 0 Å². The average Bonchev–Trinajstić information content (AvgIpc) is 2.26. The van der Waals surface area contributed by atoms with Gasteiger partial charge in [-0.25, -0.2) is 0 Å². The van der Waals surface area contributed by atoms with Crippen LogP contribution in [0.1, 0.15) is 26.3 Å². The molecule has 1 aromatic carbocycles. The van der Waals surface area contributed by atoms with E-state index in [9.17, 15) is 0 Å². The number of hydrogen-bond acceptors (Lipinski definition) is 2. The van der Waals surface area contributed by atoms with Crippen molar-refractivity contribution in [3.63, 3.8) is 0 Å². The maximum Gasteiger partial charge on any atom is 0.119 e. The largest absolute Gasteiger partial charge is 0.491 e. The summed E-state index contributed by atoms with van der Waals surface area (Å²) in [5.74, 6) is 0.929. The zero-order valence-corrected chi connectivity index (χ0v) is 10.4. The first-order valence-corrected chi connectivity index (χ1v) is 5.86. The number of hydrogen-bond donors (Lipinski definition) is 1. The Morgan fingerprint density at radius 2 is 1.94 bits per heavy atom. The highest BCUT2D eigenvalue weighted by molar-refractivity contribution is 5.50. The van der Waals surface area contributed by atoms with Crippen LogP contribution in [0.5, 0.6) is 5.75 Å². The van der Waals surface area contributed by atoms with Crippen LogP contribution in [0.25, 0.3) is 6.08 Å². The number of rotatable bonds is 6. The number of benzene rings is 1. The summed E-state index contributed by atoms with van der Waals surface area (Å²) in [5.41, 5.74) is 1.20. The molecule has 2 heteroatoms. The molecule has 0 bridgehead atoms. The van der Waals surface area contributed by atoms with Crippen LogP contribution in [0.4, 0.5) is 0 Å². The van der Waals surface area contributed by atoms with Gasteiger partial charge in [0.15, 0.2) is 0 Å². The van der Waals surface area contributed by atoms with Gasteiger partial charge in [0.1, 0.15) is 5.75 Å². The second-order valence-corrected chi connectivity index (χ2v) is 3.95. The molecule has 0 amide bonds. The van der Waals surface area contributed by atoms with E-state index in [1.807, 2.05) is 26.0 Å². The summed E-state index contributed by atoms with van der Waals surface area (Å²) in [5, 5.41) is 3.24. The Bertz CT molecular complexity index is 314. The molecule has 1 N–H and O–H groups in total. The van der Waals surface area contributed by atoms with E-state index in [-0.39, 0.29) is 6.10 Å². The number of ether oxygens (including phenoxy) is 1. The van der Waals surface area contributed by atoms with Crippen molar-refractivity contribution in [3.05, 3.63) is 35.9 Å². The van der Waals surface area contributed by atoms with E-state index in [2.05, 4.69) is 36.5 Å². The highest BCUT2D eigenvalue weighted by Crippen LogP contribution is 2.14. The number of nitrogens with one attached hydrogen (secondary N) is 1. The molecule has 88 valence electrons. The van der Waals surface area contributed by atoms with Gasteiger partial charge in [-0.1, -0.05) is 31.2 Å². The fourth-order valence-electron chi connectivity index (χ4n) is 1.35. The van der Waals surface area contributed by atoms with Gasteiger partial charge in [0.2, 0.25) is 0 Å². The van der Waals surface area contributed by atoms with Crippen molar-refractivity contribution in [1.82, 2.24) is 5.32 Å². The normalized spacial score (nSPS) is 11.2. The van der Waals surface area contributed by atoms with Gasteiger partial charge in [0.05, 0.1) is 6.10 Å². The smallest absolute Gasteiger partial charge is 0.119 e. The van der Waals surface area contributed by atoms with Crippen molar-refractivity contribution in [3.8, 4) is 5.75 Å². The van der Waals surface area contributed by atoms with Crippen LogP contribution >= 0.6 is 0 Å². The van der Waals surface area contributed by atoms with Gasteiger partial charge in [0.25, 0.3) is 0 Å². The van der Waals surface area contributed by atoms with Gasteiger partial charge in [0, 0.05) is 6.54 Å². The molecular weight excluding hydrogens is 198 g/mol. The second kappa shape index (κ2) is 7.07. The molecule has 0 heterocycles. The maximum atomic E-state index is 5.58. The van der Waals surface area contributed by atoms with E-state index in [0.29, 0.717) is 0 Å². The summed E-state index contributed by atoms with van der Waals surface area (Å²) >= 11 is 0. The van der Waals surface area contributed by atoms with Crippen LogP contribution in [-0.4, -0.2) is 19.2 Å². The topological polar surface area (TPSA) is 21.3 Å². The average molecular weight is 219 g/mol. The zero-order chi connectivity index (χ0) is 11.8. The van der Waals surface area contributed by atoms with Gasteiger partial charge in [-0.2, -0.15) is 0 Å². The van der Waals surface area contributed by atoms with Gasteiger partial charge >= 0.3 is 0 Å². The highest BCUT2D eigenvalue weighted by atomic mass is 16.5. The maximum absolute atomic E-state index is 5.58. The third kappa shape index (κ3) is 4.99. The molecule has 0 aliphatic carbocycles. The molecule has 0 saturated carbocycles. The molecule has 0 spiro atoms.